The summed E-state index contributed by atoms with van der Waals surface area (Å²) in [6.45, 7) is 1.31. The molecule has 8 nitrogen and oxygen atoms in total. The minimum Gasteiger partial charge on any atom is -0.497 e. The van der Waals surface area contributed by atoms with Crippen LogP contribution in [-0.2, 0) is 19.1 Å². The summed E-state index contributed by atoms with van der Waals surface area (Å²) < 4.78 is 15.0. The Morgan fingerprint density at radius 1 is 1.17 bits per heavy atom. The fraction of sp³-hybridized carbons (Fsp3) is 0.438. The van der Waals surface area contributed by atoms with Gasteiger partial charge in [-0.3, -0.25) is 14.4 Å². The van der Waals surface area contributed by atoms with E-state index in [1.807, 2.05) is 0 Å². The molecule has 24 heavy (non-hydrogen) atoms. The topological polar surface area (TPSA) is 94.2 Å². The van der Waals surface area contributed by atoms with Crippen LogP contribution in [-0.4, -0.2) is 69.2 Å². The second kappa shape index (κ2) is 8.88. The molecule has 8 heteroatoms. The Labute approximate surface area is 139 Å². The van der Waals surface area contributed by atoms with Gasteiger partial charge in [0.1, 0.15) is 12.3 Å². The summed E-state index contributed by atoms with van der Waals surface area (Å²) in [4.78, 5) is 36.9. The van der Waals surface area contributed by atoms with Gasteiger partial charge in [0.25, 0.3) is 11.8 Å². The maximum atomic E-state index is 11.9. The first-order valence-corrected chi connectivity index (χ1v) is 7.53. The van der Waals surface area contributed by atoms with Gasteiger partial charge in [-0.25, -0.2) is 0 Å². The van der Waals surface area contributed by atoms with Crippen LogP contribution in [0.5, 0.6) is 5.75 Å². The van der Waals surface area contributed by atoms with Crippen molar-refractivity contribution < 1.29 is 28.6 Å². The molecule has 1 N–H and O–H groups in total. The summed E-state index contributed by atoms with van der Waals surface area (Å²) in [6, 6.07) is 6.46. The van der Waals surface area contributed by atoms with Gasteiger partial charge < -0.3 is 24.4 Å². The highest BCUT2D eigenvalue weighted by Gasteiger charge is 2.18. The predicted octanol–water partition coefficient (Wildman–Crippen LogP) is -0.173. The third-order valence-electron chi connectivity index (χ3n) is 3.47. The van der Waals surface area contributed by atoms with Gasteiger partial charge in [-0.15, -0.1) is 0 Å². The Bertz CT molecular complexity index is 581. The molecular weight excluding hydrogens is 316 g/mol. The molecule has 1 aliphatic rings. The Morgan fingerprint density at radius 3 is 2.46 bits per heavy atom. The third kappa shape index (κ3) is 5.24. The monoisotopic (exact) mass is 336 g/mol. The quantitative estimate of drug-likeness (QED) is 0.725. The zero-order valence-corrected chi connectivity index (χ0v) is 13.4. The molecule has 0 unspecified atom stereocenters. The lowest BCUT2D eigenvalue weighted by atomic mass is 10.2. The fourth-order valence-corrected chi connectivity index (χ4v) is 2.09. The average molecular weight is 336 g/mol. The number of nitrogens with one attached hydrogen (secondary N) is 1. The van der Waals surface area contributed by atoms with Crippen molar-refractivity contribution in [2.45, 2.75) is 0 Å². The molecular formula is C16H20N2O6. The van der Waals surface area contributed by atoms with E-state index in [2.05, 4.69) is 5.32 Å². The highest BCUT2D eigenvalue weighted by atomic mass is 16.5. The van der Waals surface area contributed by atoms with E-state index < -0.39 is 11.9 Å². The Morgan fingerprint density at radius 2 is 1.83 bits per heavy atom. The molecule has 1 aromatic rings. The van der Waals surface area contributed by atoms with E-state index in [1.165, 1.54) is 7.11 Å². The van der Waals surface area contributed by atoms with Gasteiger partial charge in [0.05, 0.1) is 20.3 Å². The number of nitrogens with zero attached hydrogens (tertiary/aromatic N) is 1. The fourth-order valence-electron chi connectivity index (χ4n) is 2.09. The first-order chi connectivity index (χ1) is 11.6. The summed E-state index contributed by atoms with van der Waals surface area (Å²) in [7, 11) is 1.53. The van der Waals surface area contributed by atoms with Crippen molar-refractivity contribution in [2.75, 3.05) is 46.6 Å². The van der Waals surface area contributed by atoms with Gasteiger partial charge in [0, 0.05) is 18.7 Å². The van der Waals surface area contributed by atoms with E-state index in [0.29, 0.717) is 37.6 Å². The predicted molar refractivity (Wildman–Crippen MR) is 83.7 cm³/mol. The van der Waals surface area contributed by atoms with E-state index in [1.54, 1.807) is 29.2 Å². The molecule has 1 fully saturated rings. The van der Waals surface area contributed by atoms with E-state index in [4.69, 9.17) is 14.2 Å². The zero-order chi connectivity index (χ0) is 17.4. The van der Waals surface area contributed by atoms with Gasteiger partial charge >= 0.3 is 5.97 Å². The SMILES string of the molecule is COc1ccc(C(=O)NCC(=O)OCC(=O)N2CCOCC2)cc1. The maximum absolute atomic E-state index is 11.9. The van der Waals surface area contributed by atoms with Crippen LogP contribution in [0.3, 0.4) is 0 Å². The largest absolute Gasteiger partial charge is 0.497 e. The van der Waals surface area contributed by atoms with Crippen LogP contribution in [0.2, 0.25) is 0 Å². The van der Waals surface area contributed by atoms with E-state index >= 15 is 0 Å². The standard InChI is InChI=1S/C16H20N2O6/c1-22-13-4-2-12(3-5-13)16(21)17-10-15(20)24-11-14(19)18-6-8-23-9-7-18/h2-5H,6-11H2,1H3,(H,17,21). The number of hydrogen-bond donors (Lipinski definition) is 1. The molecule has 0 aliphatic carbocycles. The molecule has 1 heterocycles. The van der Waals surface area contributed by atoms with E-state index in [0.717, 1.165) is 0 Å². The van der Waals surface area contributed by atoms with Crippen LogP contribution in [0.4, 0.5) is 0 Å². The van der Waals surface area contributed by atoms with Crippen molar-refractivity contribution >= 4 is 17.8 Å². The minimum atomic E-state index is -0.668. The van der Waals surface area contributed by atoms with Crippen molar-refractivity contribution in [3.05, 3.63) is 29.8 Å². The minimum absolute atomic E-state index is 0.270. The van der Waals surface area contributed by atoms with Crippen LogP contribution in [0.15, 0.2) is 24.3 Å². The molecule has 2 amide bonds. The normalized spacial score (nSPS) is 14.0. The second-order valence-corrected chi connectivity index (χ2v) is 5.07. The van der Waals surface area contributed by atoms with Gasteiger partial charge in [-0.05, 0) is 24.3 Å². The Hall–Kier alpha value is -2.61. The van der Waals surface area contributed by atoms with Crippen molar-refractivity contribution in [3.8, 4) is 5.75 Å². The Balaban J connectivity index is 1.70. The molecule has 2 rings (SSSR count). The molecule has 0 radical (unpaired) electrons. The van der Waals surface area contributed by atoms with Crippen molar-refractivity contribution in [2.24, 2.45) is 0 Å². The van der Waals surface area contributed by atoms with Crippen LogP contribution in [0.25, 0.3) is 0 Å². The summed E-state index contributed by atoms with van der Waals surface area (Å²) in [6.07, 6.45) is 0. The van der Waals surface area contributed by atoms with Gasteiger partial charge in [0.2, 0.25) is 0 Å². The lowest BCUT2D eigenvalue weighted by molar-refractivity contribution is -0.152. The smallest absolute Gasteiger partial charge is 0.325 e. The molecule has 1 aliphatic heterocycles. The van der Waals surface area contributed by atoms with E-state index in [9.17, 15) is 14.4 Å². The number of carbonyl (C=O) groups is 3. The Kier molecular flexibility index (Phi) is 6.56. The number of amides is 2. The third-order valence-corrected chi connectivity index (χ3v) is 3.47. The van der Waals surface area contributed by atoms with Crippen LogP contribution >= 0.6 is 0 Å². The zero-order valence-electron chi connectivity index (χ0n) is 13.4. The average Bonchev–Trinajstić information content (AvgIpc) is 2.64. The summed E-state index contributed by atoms with van der Waals surface area (Å²) in [5, 5.41) is 2.44. The molecule has 0 aromatic heterocycles. The molecule has 0 spiro atoms. The number of esters is 1. The second-order valence-electron chi connectivity index (χ2n) is 5.07. The number of benzene rings is 1. The summed E-state index contributed by atoms with van der Waals surface area (Å²) in [5.74, 6) is -0.715. The first kappa shape index (κ1) is 17.7. The molecule has 0 bridgehead atoms. The van der Waals surface area contributed by atoms with Gasteiger partial charge in [-0.2, -0.15) is 0 Å². The number of ether oxygens (including phenoxy) is 3. The lowest BCUT2D eigenvalue weighted by Crippen LogP contribution is -2.43. The molecule has 130 valence electrons. The first-order valence-electron chi connectivity index (χ1n) is 7.53. The molecule has 1 saturated heterocycles. The van der Waals surface area contributed by atoms with Crippen molar-refractivity contribution in [3.63, 3.8) is 0 Å². The van der Waals surface area contributed by atoms with Crippen LogP contribution < -0.4 is 10.1 Å². The van der Waals surface area contributed by atoms with Gasteiger partial charge in [0.15, 0.2) is 6.61 Å². The number of rotatable bonds is 6. The van der Waals surface area contributed by atoms with Crippen LogP contribution in [0, 0.1) is 0 Å². The van der Waals surface area contributed by atoms with Crippen LogP contribution in [0.1, 0.15) is 10.4 Å². The number of morpholine rings is 1. The number of hydrogen-bond acceptors (Lipinski definition) is 6. The highest BCUT2D eigenvalue weighted by Crippen LogP contribution is 2.10. The lowest BCUT2D eigenvalue weighted by Gasteiger charge is -2.26. The molecule has 1 aromatic carbocycles. The molecule has 0 saturated carbocycles. The van der Waals surface area contributed by atoms with Crippen molar-refractivity contribution in [1.29, 1.82) is 0 Å². The van der Waals surface area contributed by atoms with E-state index in [-0.39, 0.29) is 19.1 Å². The highest BCUT2D eigenvalue weighted by molar-refractivity contribution is 5.96. The number of carbonyl (C=O) groups excluding carboxylic acids is 3. The van der Waals surface area contributed by atoms with Crippen molar-refractivity contribution in [1.82, 2.24) is 10.2 Å². The summed E-state index contributed by atoms with van der Waals surface area (Å²) in [5.41, 5.74) is 0.396. The molecule has 0 atom stereocenters. The maximum Gasteiger partial charge on any atom is 0.325 e. The van der Waals surface area contributed by atoms with Gasteiger partial charge in [-0.1, -0.05) is 0 Å². The summed E-state index contributed by atoms with van der Waals surface area (Å²) >= 11 is 0. The number of methoxy groups -OCH3 is 1.